The lowest BCUT2D eigenvalue weighted by Gasteiger charge is -2.09. The Morgan fingerprint density at radius 1 is 1.21 bits per heavy atom. The summed E-state index contributed by atoms with van der Waals surface area (Å²) >= 11 is 5.87. The quantitative estimate of drug-likeness (QED) is 0.476. The molecule has 2 aromatic rings. The Hall–Kier alpha value is -2.55. The van der Waals surface area contributed by atoms with Gasteiger partial charge in [0.15, 0.2) is 0 Å². The summed E-state index contributed by atoms with van der Waals surface area (Å²) in [5, 5.41) is 3.25. The number of hydrogen-bond donors (Lipinski definition) is 2. The molecule has 0 aliphatic carbocycles. The predicted molar refractivity (Wildman–Crippen MR) is 108 cm³/mol. The van der Waals surface area contributed by atoms with E-state index in [0.29, 0.717) is 22.9 Å². The summed E-state index contributed by atoms with van der Waals surface area (Å²) in [5.74, 6) is 0.506. The molecule has 2 rings (SSSR count). The van der Waals surface area contributed by atoms with Crippen molar-refractivity contribution in [3.8, 4) is 11.5 Å². The molecule has 0 fully saturated rings. The Morgan fingerprint density at radius 3 is 2.68 bits per heavy atom. The van der Waals surface area contributed by atoms with Crippen LogP contribution in [-0.2, 0) is 14.8 Å². The molecule has 0 aromatic heterocycles. The van der Waals surface area contributed by atoms with E-state index >= 15 is 0 Å². The average molecular weight is 425 g/mol. The SMILES string of the molecule is CNS(=O)(=O)c1cc(/C=C/C(=O)NCCOc2cccc(Cl)c2)ccc1OC. The number of benzene rings is 2. The molecule has 28 heavy (non-hydrogen) atoms. The van der Waals surface area contributed by atoms with E-state index in [9.17, 15) is 13.2 Å². The molecule has 7 nitrogen and oxygen atoms in total. The number of halogens is 1. The van der Waals surface area contributed by atoms with Crippen LogP contribution >= 0.6 is 11.6 Å². The molecular weight excluding hydrogens is 404 g/mol. The van der Waals surface area contributed by atoms with Gasteiger partial charge in [0.25, 0.3) is 0 Å². The molecule has 150 valence electrons. The highest BCUT2D eigenvalue weighted by Crippen LogP contribution is 2.25. The lowest BCUT2D eigenvalue weighted by atomic mass is 10.2. The summed E-state index contributed by atoms with van der Waals surface area (Å²) in [6, 6.07) is 11.6. The molecule has 9 heteroatoms. The highest BCUT2D eigenvalue weighted by atomic mass is 35.5. The molecule has 0 atom stereocenters. The fraction of sp³-hybridized carbons (Fsp3) is 0.211. The Labute approximate surface area is 169 Å². The first-order valence-electron chi connectivity index (χ1n) is 8.31. The van der Waals surface area contributed by atoms with Crippen molar-refractivity contribution in [3.63, 3.8) is 0 Å². The molecule has 1 amide bonds. The zero-order chi connectivity index (χ0) is 20.6. The van der Waals surface area contributed by atoms with Gasteiger partial charge in [-0.15, -0.1) is 0 Å². The highest BCUT2D eigenvalue weighted by Gasteiger charge is 2.17. The van der Waals surface area contributed by atoms with Crippen molar-refractivity contribution in [3.05, 3.63) is 59.1 Å². The summed E-state index contributed by atoms with van der Waals surface area (Å²) in [6.45, 7) is 0.588. The molecule has 0 saturated carbocycles. The summed E-state index contributed by atoms with van der Waals surface area (Å²) in [7, 11) is -0.981. The van der Waals surface area contributed by atoms with Crippen molar-refractivity contribution in [2.24, 2.45) is 0 Å². The predicted octanol–water partition coefficient (Wildman–Crippen LogP) is 2.47. The van der Waals surface area contributed by atoms with Crippen molar-refractivity contribution in [2.75, 3.05) is 27.3 Å². The number of carbonyl (C=O) groups is 1. The lowest BCUT2D eigenvalue weighted by Crippen LogP contribution is -2.26. The second-order valence-electron chi connectivity index (χ2n) is 5.55. The number of carbonyl (C=O) groups excluding carboxylic acids is 1. The summed E-state index contributed by atoms with van der Waals surface area (Å²) in [6.07, 6.45) is 2.83. The van der Waals surface area contributed by atoms with Crippen LogP contribution in [0.1, 0.15) is 5.56 Å². The van der Waals surface area contributed by atoms with Crippen LogP contribution in [0, 0.1) is 0 Å². The van der Waals surface area contributed by atoms with Gasteiger partial charge in [0.1, 0.15) is 23.0 Å². The fourth-order valence-electron chi connectivity index (χ4n) is 2.25. The van der Waals surface area contributed by atoms with Crippen molar-refractivity contribution < 1.29 is 22.7 Å². The number of methoxy groups -OCH3 is 1. The largest absolute Gasteiger partial charge is 0.495 e. The first-order chi connectivity index (χ1) is 13.4. The van der Waals surface area contributed by atoms with Gasteiger partial charge < -0.3 is 14.8 Å². The Kier molecular flexibility index (Phi) is 7.86. The van der Waals surface area contributed by atoms with Gasteiger partial charge in [0.2, 0.25) is 15.9 Å². The molecule has 0 saturated heterocycles. The molecule has 0 aliphatic rings. The molecular formula is C19H21ClN2O5S. The Morgan fingerprint density at radius 2 is 2.00 bits per heavy atom. The molecule has 0 unspecified atom stereocenters. The van der Waals surface area contributed by atoms with Crippen LogP contribution in [0.5, 0.6) is 11.5 Å². The summed E-state index contributed by atoms with van der Waals surface area (Å²) < 4.78 is 36.9. The topological polar surface area (TPSA) is 93.7 Å². The van der Waals surface area contributed by atoms with E-state index in [1.54, 1.807) is 30.3 Å². The maximum Gasteiger partial charge on any atom is 0.244 e. The maximum atomic E-state index is 12.1. The van der Waals surface area contributed by atoms with Crippen LogP contribution in [0.4, 0.5) is 0 Å². The van der Waals surface area contributed by atoms with E-state index in [1.807, 2.05) is 0 Å². The number of rotatable bonds is 9. The zero-order valence-corrected chi connectivity index (χ0v) is 17.0. The van der Waals surface area contributed by atoms with E-state index in [0.717, 1.165) is 0 Å². The van der Waals surface area contributed by atoms with Crippen molar-refractivity contribution in [1.29, 1.82) is 0 Å². The second kappa shape index (κ2) is 10.1. The minimum atomic E-state index is -3.68. The summed E-state index contributed by atoms with van der Waals surface area (Å²) in [5.41, 5.74) is 0.542. The highest BCUT2D eigenvalue weighted by molar-refractivity contribution is 7.89. The van der Waals surface area contributed by atoms with E-state index in [1.165, 1.54) is 38.4 Å². The number of sulfonamides is 1. The third kappa shape index (κ3) is 6.26. The minimum absolute atomic E-state index is 0.00465. The van der Waals surface area contributed by atoms with Gasteiger partial charge in [-0.05, 0) is 49.0 Å². The van der Waals surface area contributed by atoms with Crippen molar-refractivity contribution >= 4 is 33.6 Å². The summed E-state index contributed by atoms with van der Waals surface area (Å²) in [4.78, 5) is 11.9. The average Bonchev–Trinajstić information content (AvgIpc) is 2.69. The van der Waals surface area contributed by atoms with Gasteiger partial charge in [0.05, 0.1) is 13.7 Å². The van der Waals surface area contributed by atoms with Gasteiger partial charge >= 0.3 is 0 Å². The molecule has 2 aromatic carbocycles. The minimum Gasteiger partial charge on any atom is -0.495 e. The second-order valence-corrected chi connectivity index (χ2v) is 7.84. The Bertz CT molecular complexity index is 961. The van der Waals surface area contributed by atoms with E-state index in [-0.39, 0.29) is 23.2 Å². The van der Waals surface area contributed by atoms with Crippen LogP contribution in [-0.4, -0.2) is 41.6 Å². The smallest absolute Gasteiger partial charge is 0.244 e. The molecule has 0 spiro atoms. The van der Waals surface area contributed by atoms with Gasteiger partial charge in [-0.3, -0.25) is 4.79 Å². The first kappa shape index (κ1) is 21.7. The number of amides is 1. The van der Waals surface area contributed by atoms with E-state index in [4.69, 9.17) is 21.1 Å². The van der Waals surface area contributed by atoms with E-state index < -0.39 is 10.0 Å². The molecule has 0 aliphatic heterocycles. The van der Waals surface area contributed by atoms with Crippen LogP contribution in [0.2, 0.25) is 5.02 Å². The fourth-order valence-corrected chi connectivity index (χ4v) is 3.36. The van der Waals surface area contributed by atoms with Crippen LogP contribution < -0.4 is 19.5 Å². The third-order valence-electron chi connectivity index (χ3n) is 3.64. The van der Waals surface area contributed by atoms with Crippen LogP contribution in [0.3, 0.4) is 0 Å². The number of nitrogens with one attached hydrogen (secondary N) is 2. The number of hydrogen-bond acceptors (Lipinski definition) is 5. The number of ether oxygens (including phenoxy) is 2. The van der Waals surface area contributed by atoms with Gasteiger partial charge in [-0.2, -0.15) is 0 Å². The maximum absolute atomic E-state index is 12.1. The molecule has 2 N–H and O–H groups in total. The van der Waals surface area contributed by atoms with Crippen LogP contribution in [0.25, 0.3) is 6.08 Å². The van der Waals surface area contributed by atoms with E-state index in [2.05, 4.69) is 10.0 Å². The lowest BCUT2D eigenvalue weighted by molar-refractivity contribution is -0.116. The van der Waals surface area contributed by atoms with Crippen molar-refractivity contribution in [2.45, 2.75) is 4.90 Å². The normalized spacial score (nSPS) is 11.4. The standard InChI is InChI=1S/C19H21ClN2O5S/c1-21-28(24,25)18-12-14(6-8-17(18)26-2)7-9-19(23)22-10-11-27-16-5-3-4-15(20)13-16/h3-9,12-13,21H,10-11H2,1-2H3,(H,22,23)/b9-7+. The van der Waals surface area contributed by atoms with Gasteiger partial charge in [-0.1, -0.05) is 23.7 Å². The third-order valence-corrected chi connectivity index (χ3v) is 5.31. The first-order valence-corrected chi connectivity index (χ1v) is 10.2. The van der Waals surface area contributed by atoms with Crippen LogP contribution in [0.15, 0.2) is 53.4 Å². The Balaban J connectivity index is 1.92. The van der Waals surface area contributed by atoms with Crippen molar-refractivity contribution in [1.82, 2.24) is 10.0 Å². The molecule has 0 bridgehead atoms. The van der Waals surface area contributed by atoms with Gasteiger partial charge in [0, 0.05) is 11.1 Å². The van der Waals surface area contributed by atoms with Gasteiger partial charge in [-0.25, -0.2) is 13.1 Å². The zero-order valence-electron chi connectivity index (χ0n) is 15.4. The molecule has 0 radical (unpaired) electrons. The molecule has 0 heterocycles. The monoisotopic (exact) mass is 424 g/mol.